The van der Waals surface area contributed by atoms with Gasteiger partial charge in [-0.25, -0.2) is 39.5 Å². The van der Waals surface area contributed by atoms with Gasteiger partial charge in [-0.15, -0.1) is 0 Å². The smallest absolute Gasteiger partial charge is 0.433 e. The number of carbonyl (C=O) groups excluding carboxylic acids is 2. The molecule has 0 fully saturated rings. The predicted molar refractivity (Wildman–Crippen MR) is 217 cm³/mol. The molecule has 334 valence electrons. The third-order valence-electron chi connectivity index (χ3n) is 9.86. The van der Waals surface area contributed by atoms with E-state index in [4.69, 9.17) is 60.6 Å². The van der Waals surface area contributed by atoms with Crippen molar-refractivity contribution in [2.24, 2.45) is 0 Å². The first-order chi connectivity index (χ1) is 30.1. The maximum Gasteiger partial charge on any atom is 0.433 e. The van der Waals surface area contributed by atoms with Gasteiger partial charge in [0.1, 0.15) is 21.8 Å². The first kappa shape index (κ1) is 47.6. The Morgan fingerprint density at radius 1 is 0.594 bits per heavy atom. The fourth-order valence-electron chi connectivity index (χ4n) is 6.56. The van der Waals surface area contributed by atoms with Crippen molar-refractivity contribution in [1.82, 2.24) is 29.9 Å². The summed E-state index contributed by atoms with van der Waals surface area (Å²) in [5.41, 5.74) is -9.36. The van der Waals surface area contributed by atoms with E-state index in [2.05, 4.69) is 34.6 Å². The number of pyridine rings is 2. The highest BCUT2D eigenvalue weighted by atomic mass is 35.5. The molecule has 64 heavy (non-hydrogen) atoms. The van der Waals surface area contributed by atoms with Gasteiger partial charge < -0.3 is 24.1 Å². The van der Waals surface area contributed by atoms with Crippen molar-refractivity contribution in [3.8, 4) is 23.5 Å². The Labute approximate surface area is 378 Å². The lowest BCUT2D eigenvalue weighted by atomic mass is 9.77. The lowest BCUT2D eigenvalue weighted by molar-refractivity contribution is -0.274. The molecule has 0 bridgehead atoms. The van der Waals surface area contributed by atoms with Crippen LogP contribution in [0.1, 0.15) is 68.7 Å². The molecule has 0 amide bonds. The molecule has 0 spiro atoms. The molecule has 23 heteroatoms. The predicted octanol–water partition coefficient (Wildman–Crippen LogP) is 11.0. The van der Waals surface area contributed by atoms with Crippen LogP contribution in [0.3, 0.4) is 0 Å². The maximum absolute atomic E-state index is 15.8. The summed E-state index contributed by atoms with van der Waals surface area (Å²) in [6.45, 7) is 2.17. The fraction of sp³-hybridized carbons (Fsp3) is 0.220. The van der Waals surface area contributed by atoms with Gasteiger partial charge in [0, 0.05) is 64.6 Å². The molecule has 4 unspecified atom stereocenters. The van der Waals surface area contributed by atoms with Crippen LogP contribution in [0.25, 0.3) is 0 Å². The van der Waals surface area contributed by atoms with Crippen LogP contribution in [0.2, 0.25) is 20.4 Å². The minimum absolute atomic E-state index is 0.00222. The lowest BCUT2D eigenvalue weighted by Crippen LogP contribution is -2.50. The molecule has 4 aromatic heterocycles. The van der Waals surface area contributed by atoms with Crippen LogP contribution in [-0.2, 0) is 20.7 Å². The number of hydrogen-bond acceptors (Lipinski definition) is 13. The standard InChI is InChI=1S/C41H28Cl4F6N6O7/c1-20(38(60,40(46,47)48)24-8-10-52-32(44)12-24)28-14-26(4-6-30(28)42)62-37-56-18-23(19-57-37)35(59)64-39(41(49,50)51,25-9-11-53-33(45)13-25)21(2)29-15-27(5-7-31(29)43)63-36-54-16-22(17-55-36)34(58)61-3/h4-21,60H,1-3H3. The fourth-order valence-corrected chi connectivity index (χ4v) is 7.47. The Hall–Kier alpha value is -5.86. The molecule has 0 saturated carbocycles. The summed E-state index contributed by atoms with van der Waals surface area (Å²) in [6.07, 6.45) is -4.86. The molecular weight excluding hydrogens is 944 g/mol. The van der Waals surface area contributed by atoms with E-state index in [-0.39, 0.29) is 54.6 Å². The summed E-state index contributed by atoms with van der Waals surface area (Å²) >= 11 is 24.7. The Morgan fingerprint density at radius 2 is 1.03 bits per heavy atom. The van der Waals surface area contributed by atoms with Crippen molar-refractivity contribution in [1.29, 1.82) is 0 Å². The van der Waals surface area contributed by atoms with Crippen molar-refractivity contribution in [3.05, 3.63) is 152 Å². The largest absolute Gasteiger partial charge is 0.465 e. The van der Waals surface area contributed by atoms with Crippen molar-refractivity contribution in [2.45, 2.75) is 49.2 Å². The number of esters is 2. The minimum atomic E-state index is -5.39. The molecule has 6 aromatic rings. The third-order valence-corrected chi connectivity index (χ3v) is 11.0. The molecule has 6 rings (SSSR count). The molecule has 0 aliphatic heterocycles. The number of aliphatic hydroxyl groups is 1. The lowest BCUT2D eigenvalue weighted by Gasteiger charge is -2.40. The number of benzene rings is 2. The van der Waals surface area contributed by atoms with Gasteiger partial charge in [0.25, 0.3) is 0 Å². The van der Waals surface area contributed by atoms with Gasteiger partial charge in [0.2, 0.25) is 5.60 Å². The first-order valence-electron chi connectivity index (χ1n) is 18.1. The Kier molecular flexibility index (Phi) is 13.9. The van der Waals surface area contributed by atoms with Gasteiger partial charge in [-0.05, 0) is 77.4 Å². The number of ether oxygens (including phenoxy) is 4. The van der Waals surface area contributed by atoms with Crippen LogP contribution < -0.4 is 9.47 Å². The zero-order valence-corrected chi connectivity index (χ0v) is 35.8. The van der Waals surface area contributed by atoms with E-state index in [9.17, 15) is 27.9 Å². The van der Waals surface area contributed by atoms with E-state index in [0.717, 1.165) is 94.5 Å². The minimum Gasteiger partial charge on any atom is -0.465 e. The number of rotatable bonds is 13. The average molecular weight is 973 g/mol. The molecule has 0 aliphatic rings. The molecule has 4 heterocycles. The summed E-state index contributed by atoms with van der Waals surface area (Å²) in [6, 6.07) is 10.1. The summed E-state index contributed by atoms with van der Waals surface area (Å²) in [7, 11) is 1.16. The first-order valence-corrected chi connectivity index (χ1v) is 19.6. The molecule has 0 radical (unpaired) electrons. The summed E-state index contributed by atoms with van der Waals surface area (Å²) in [5, 5.41) is 10.1. The highest BCUT2D eigenvalue weighted by Crippen LogP contribution is 2.54. The maximum atomic E-state index is 15.8. The van der Waals surface area contributed by atoms with Gasteiger partial charge in [0.15, 0.2) is 5.60 Å². The highest BCUT2D eigenvalue weighted by molar-refractivity contribution is 6.32. The molecule has 13 nitrogen and oxygen atoms in total. The van der Waals surface area contributed by atoms with Crippen LogP contribution in [0.5, 0.6) is 23.5 Å². The normalized spacial score (nSPS) is 14.7. The number of hydrogen-bond donors (Lipinski definition) is 1. The van der Waals surface area contributed by atoms with Gasteiger partial charge in [0.05, 0.1) is 18.2 Å². The molecule has 1 N–H and O–H groups in total. The zero-order valence-electron chi connectivity index (χ0n) is 32.8. The van der Waals surface area contributed by atoms with Gasteiger partial charge in [-0.3, -0.25) is 0 Å². The molecule has 0 saturated heterocycles. The van der Waals surface area contributed by atoms with Crippen molar-refractivity contribution < 1.29 is 60.0 Å². The van der Waals surface area contributed by atoms with Gasteiger partial charge >= 0.3 is 36.3 Å². The van der Waals surface area contributed by atoms with E-state index < -0.39 is 70.0 Å². The second-order valence-electron chi connectivity index (χ2n) is 13.6. The van der Waals surface area contributed by atoms with Crippen LogP contribution in [-0.4, -0.2) is 66.4 Å². The van der Waals surface area contributed by atoms with Gasteiger partial charge in [-0.1, -0.05) is 60.3 Å². The summed E-state index contributed by atoms with van der Waals surface area (Å²) in [4.78, 5) is 48.6. The average Bonchev–Trinajstić information content (AvgIpc) is 3.25. The van der Waals surface area contributed by atoms with Crippen molar-refractivity contribution in [2.75, 3.05) is 7.11 Å². The van der Waals surface area contributed by atoms with Crippen LogP contribution in [0, 0.1) is 0 Å². The third kappa shape index (κ3) is 9.63. The van der Waals surface area contributed by atoms with Crippen LogP contribution in [0.15, 0.2) is 97.8 Å². The van der Waals surface area contributed by atoms with E-state index in [1.165, 1.54) is 24.3 Å². The Balaban J connectivity index is 1.30. The number of alkyl halides is 6. The number of aromatic nitrogens is 6. The number of halogens is 10. The Morgan fingerprint density at radius 3 is 1.47 bits per heavy atom. The van der Waals surface area contributed by atoms with Gasteiger partial charge in [-0.2, -0.15) is 26.3 Å². The van der Waals surface area contributed by atoms with Crippen molar-refractivity contribution in [3.63, 3.8) is 0 Å². The number of nitrogens with zero attached hydrogens (tertiary/aromatic N) is 6. The van der Waals surface area contributed by atoms with E-state index in [1.807, 2.05) is 0 Å². The van der Waals surface area contributed by atoms with Crippen LogP contribution >= 0.6 is 46.4 Å². The molecular formula is C41H28Cl4F6N6O7. The van der Waals surface area contributed by atoms with Crippen molar-refractivity contribution >= 4 is 58.3 Å². The summed E-state index contributed by atoms with van der Waals surface area (Å²) < 4.78 is 112. The Bertz CT molecular complexity index is 2690. The van der Waals surface area contributed by atoms with E-state index in [1.54, 1.807) is 0 Å². The second-order valence-corrected chi connectivity index (χ2v) is 15.2. The number of methoxy groups -OCH3 is 1. The quantitative estimate of drug-likeness (QED) is 0.0660. The SMILES string of the molecule is COC(=O)c1cnc(Oc2ccc(Cl)c(C(C)C(OC(=O)c3cnc(Oc4ccc(Cl)c(C(C)C(O)(c5ccnc(Cl)c5)C(F)(F)F)c4)nc3)(c3ccnc(Cl)c3)C(F)(F)F)c2)nc1. The van der Waals surface area contributed by atoms with Crippen LogP contribution in [0.4, 0.5) is 26.3 Å². The second kappa shape index (κ2) is 18.7. The van der Waals surface area contributed by atoms with E-state index in [0.29, 0.717) is 0 Å². The monoisotopic (exact) mass is 970 g/mol. The topological polar surface area (TPSA) is 169 Å². The zero-order chi connectivity index (χ0) is 46.8. The molecule has 4 atom stereocenters. The molecule has 2 aromatic carbocycles. The van der Waals surface area contributed by atoms with E-state index >= 15 is 13.2 Å². The highest BCUT2D eigenvalue weighted by Gasteiger charge is 2.64. The summed E-state index contributed by atoms with van der Waals surface area (Å²) in [5.74, 6) is -6.19. The number of carbonyl (C=O) groups is 2. The molecule has 0 aliphatic carbocycles.